The fourth-order valence-corrected chi connectivity index (χ4v) is 2.65. The lowest BCUT2D eigenvalue weighted by Gasteiger charge is -2.11. The number of thioether (sulfide) groups is 1. The van der Waals surface area contributed by atoms with E-state index in [-0.39, 0.29) is 5.91 Å². The van der Waals surface area contributed by atoms with Gasteiger partial charge in [0.25, 0.3) is 5.91 Å². The van der Waals surface area contributed by atoms with Crippen molar-refractivity contribution in [3.8, 4) is 0 Å². The molecule has 3 nitrogen and oxygen atoms in total. The molecule has 0 aliphatic rings. The van der Waals surface area contributed by atoms with E-state index in [4.69, 9.17) is 5.73 Å². The summed E-state index contributed by atoms with van der Waals surface area (Å²) in [6, 6.07) is 5.22. The summed E-state index contributed by atoms with van der Waals surface area (Å²) in [5, 5.41) is 2.91. The van der Waals surface area contributed by atoms with Crippen molar-refractivity contribution in [3.63, 3.8) is 0 Å². The van der Waals surface area contributed by atoms with Gasteiger partial charge in [0.05, 0.1) is 0 Å². The number of benzene rings is 1. The molecule has 0 saturated heterocycles. The maximum atomic E-state index is 11.9. The molecule has 0 aliphatic heterocycles. The number of hydrogen-bond acceptors (Lipinski definition) is 3. The molecule has 0 spiro atoms. The molecule has 17 heavy (non-hydrogen) atoms. The molecular weight excluding hydrogens is 300 g/mol. The highest BCUT2D eigenvalue weighted by Crippen LogP contribution is 2.17. The molecule has 1 unspecified atom stereocenters. The van der Waals surface area contributed by atoms with Crippen LogP contribution in [0.3, 0.4) is 0 Å². The number of carbonyl (C=O) groups is 1. The normalized spacial score (nSPS) is 12.2. The number of nitrogens with one attached hydrogen (secondary N) is 1. The Hall–Kier alpha value is -0.680. The van der Waals surface area contributed by atoms with Gasteiger partial charge in [0.2, 0.25) is 0 Å². The van der Waals surface area contributed by atoms with Crippen molar-refractivity contribution in [2.24, 2.45) is 5.92 Å². The van der Waals surface area contributed by atoms with Crippen LogP contribution in [0, 0.1) is 5.92 Å². The molecule has 3 N–H and O–H groups in total. The Balaban J connectivity index is 2.58. The van der Waals surface area contributed by atoms with Crippen LogP contribution in [0.25, 0.3) is 0 Å². The summed E-state index contributed by atoms with van der Waals surface area (Å²) >= 11 is 5.11. The number of halogens is 1. The van der Waals surface area contributed by atoms with Gasteiger partial charge in [-0.25, -0.2) is 0 Å². The second-order valence-electron chi connectivity index (χ2n) is 4.04. The highest BCUT2D eigenvalue weighted by molar-refractivity contribution is 9.10. The van der Waals surface area contributed by atoms with Gasteiger partial charge in [-0.15, -0.1) is 0 Å². The number of rotatable bonds is 5. The Morgan fingerprint density at radius 3 is 2.82 bits per heavy atom. The van der Waals surface area contributed by atoms with Gasteiger partial charge in [0.15, 0.2) is 0 Å². The second-order valence-corrected chi connectivity index (χ2v) is 5.87. The Morgan fingerprint density at radius 2 is 2.24 bits per heavy atom. The van der Waals surface area contributed by atoms with Gasteiger partial charge in [0.1, 0.15) is 0 Å². The number of nitrogen functional groups attached to an aromatic ring is 1. The van der Waals surface area contributed by atoms with E-state index in [1.807, 2.05) is 0 Å². The molecule has 0 bridgehead atoms. The molecule has 0 aliphatic carbocycles. The fourth-order valence-electron chi connectivity index (χ4n) is 1.46. The first-order chi connectivity index (χ1) is 8.02. The van der Waals surface area contributed by atoms with Gasteiger partial charge < -0.3 is 11.1 Å². The molecule has 1 rings (SSSR count). The zero-order chi connectivity index (χ0) is 12.8. The number of nitrogens with two attached hydrogens (primary N) is 1. The van der Waals surface area contributed by atoms with E-state index in [9.17, 15) is 4.79 Å². The monoisotopic (exact) mass is 316 g/mol. The molecule has 0 heterocycles. The number of carbonyl (C=O) groups excluding carboxylic acids is 1. The highest BCUT2D eigenvalue weighted by atomic mass is 79.9. The summed E-state index contributed by atoms with van der Waals surface area (Å²) in [5.41, 5.74) is 6.86. The lowest BCUT2D eigenvalue weighted by atomic mass is 10.1. The van der Waals surface area contributed by atoms with E-state index in [2.05, 4.69) is 34.4 Å². The predicted octanol–water partition coefficient (Wildman–Crippen LogP) is 2.76. The van der Waals surface area contributed by atoms with Crippen LogP contribution in [-0.2, 0) is 0 Å². The zero-order valence-electron chi connectivity index (χ0n) is 10.00. The zero-order valence-corrected chi connectivity index (χ0v) is 12.4. The second kappa shape index (κ2) is 6.91. The third-order valence-electron chi connectivity index (χ3n) is 2.24. The van der Waals surface area contributed by atoms with Crippen LogP contribution in [0.2, 0.25) is 0 Å². The molecule has 1 aromatic rings. The average molecular weight is 317 g/mol. The van der Waals surface area contributed by atoms with Gasteiger partial charge in [-0.1, -0.05) is 22.9 Å². The van der Waals surface area contributed by atoms with Gasteiger partial charge in [-0.3, -0.25) is 4.79 Å². The van der Waals surface area contributed by atoms with Gasteiger partial charge in [0, 0.05) is 22.3 Å². The van der Waals surface area contributed by atoms with Crippen molar-refractivity contribution >= 4 is 39.3 Å². The van der Waals surface area contributed by atoms with Crippen LogP contribution in [-0.4, -0.2) is 24.5 Å². The third kappa shape index (κ3) is 5.00. The van der Waals surface area contributed by atoms with E-state index in [0.717, 1.165) is 10.2 Å². The van der Waals surface area contributed by atoms with Crippen LogP contribution in [0.5, 0.6) is 0 Å². The maximum Gasteiger partial charge on any atom is 0.251 e. The topological polar surface area (TPSA) is 55.1 Å². The maximum absolute atomic E-state index is 11.9. The Labute approximate surface area is 115 Å². The Kier molecular flexibility index (Phi) is 5.85. The van der Waals surface area contributed by atoms with E-state index >= 15 is 0 Å². The van der Waals surface area contributed by atoms with Crippen molar-refractivity contribution in [2.45, 2.75) is 6.92 Å². The average Bonchev–Trinajstić information content (AvgIpc) is 2.25. The molecule has 94 valence electrons. The van der Waals surface area contributed by atoms with Crippen LogP contribution < -0.4 is 11.1 Å². The van der Waals surface area contributed by atoms with Crippen LogP contribution in [0.15, 0.2) is 22.7 Å². The lowest BCUT2D eigenvalue weighted by Crippen LogP contribution is -2.29. The van der Waals surface area contributed by atoms with Crippen molar-refractivity contribution in [2.75, 3.05) is 24.3 Å². The SMILES string of the molecule is CSCC(C)CNC(=O)c1cc(N)cc(Br)c1. The molecule has 0 fully saturated rings. The minimum absolute atomic E-state index is 0.0778. The van der Waals surface area contributed by atoms with Crippen LogP contribution in [0.4, 0.5) is 5.69 Å². The number of anilines is 1. The first-order valence-corrected chi connectivity index (χ1v) is 7.55. The molecule has 1 amide bonds. The Bertz CT molecular complexity index is 378. The molecule has 0 radical (unpaired) electrons. The number of amides is 1. The summed E-state index contributed by atoms with van der Waals surface area (Å²) < 4.78 is 0.819. The molecule has 1 atom stereocenters. The molecular formula is C12H17BrN2OS. The minimum Gasteiger partial charge on any atom is -0.399 e. The summed E-state index contributed by atoms with van der Waals surface area (Å²) in [4.78, 5) is 11.9. The van der Waals surface area contributed by atoms with Crippen molar-refractivity contribution in [1.29, 1.82) is 0 Å². The number of hydrogen-bond donors (Lipinski definition) is 2. The summed E-state index contributed by atoms with van der Waals surface area (Å²) in [6.45, 7) is 2.80. The lowest BCUT2D eigenvalue weighted by molar-refractivity contribution is 0.0949. The van der Waals surface area contributed by atoms with E-state index in [1.54, 1.807) is 30.0 Å². The van der Waals surface area contributed by atoms with Gasteiger partial charge in [-0.05, 0) is 36.1 Å². The van der Waals surface area contributed by atoms with E-state index in [0.29, 0.717) is 23.7 Å². The van der Waals surface area contributed by atoms with Crippen LogP contribution >= 0.6 is 27.7 Å². The smallest absolute Gasteiger partial charge is 0.251 e. The van der Waals surface area contributed by atoms with Gasteiger partial charge >= 0.3 is 0 Å². The van der Waals surface area contributed by atoms with Crippen molar-refractivity contribution in [3.05, 3.63) is 28.2 Å². The Morgan fingerprint density at radius 1 is 1.53 bits per heavy atom. The van der Waals surface area contributed by atoms with Crippen LogP contribution in [0.1, 0.15) is 17.3 Å². The van der Waals surface area contributed by atoms with E-state index < -0.39 is 0 Å². The molecule has 1 aromatic carbocycles. The van der Waals surface area contributed by atoms with Gasteiger partial charge in [-0.2, -0.15) is 11.8 Å². The highest BCUT2D eigenvalue weighted by Gasteiger charge is 2.08. The molecule has 0 aromatic heterocycles. The largest absolute Gasteiger partial charge is 0.399 e. The quantitative estimate of drug-likeness (QED) is 0.821. The fraction of sp³-hybridized carbons (Fsp3) is 0.417. The standard InChI is InChI=1S/C12H17BrN2OS/c1-8(7-17-2)6-15-12(16)9-3-10(13)5-11(14)4-9/h3-5,8H,6-7,14H2,1-2H3,(H,15,16). The summed E-state index contributed by atoms with van der Waals surface area (Å²) in [7, 11) is 0. The third-order valence-corrected chi connectivity index (χ3v) is 3.60. The first kappa shape index (κ1) is 14.4. The first-order valence-electron chi connectivity index (χ1n) is 5.36. The van der Waals surface area contributed by atoms with Crippen molar-refractivity contribution in [1.82, 2.24) is 5.32 Å². The summed E-state index contributed by atoms with van der Waals surface area (Å²) in [5.74, 6) is 1.44. The summed E-state index contributed by atoms with van der Waals surface area (Å²) in [6.07, 6.45) is 2.06. The molecule has 0 saturated carbocycles. The van der Waals surface area contributed by atoms with E-state index in [1.165, 1.54) is 0 Å². The minimum atomic E-state index is -0.0778. The van der Waals surface area contributed by atoms with Crippen molar-refractivity contribution < 1.29 is 4.79 Å². The predicted molar refractivity (Wildman–Crippen MR) is 78.4 cm³/mol. The molecule has 5 heteroatoms.